The molecule has 1 aromatic carbocycles. The van der Waals surface area contributed by atoms with Crippen LogP contribution >= 0.6 is 15.9 Å². The molecule has 1 N–H and O–H groups in total. The van der Waals surface area contributed by atoms with E-state index >= 15 is 0 Å². The highest BCUT2D eigenvalue weighted by atomic mass is 79.9. The molecule has 2 bridgehead atoms. The van der Waals surface area contributed by atoms with Crippen LogP contribution < -0.4 is 5.32 Å². The van der Waals surface area contributed by atoms with Crippen molar-refractivity contribution in [2.45, 2.75) is 46.2 Å². The van der Waals surface area contributed by atoms with Gasteiger partial charge in [0.1, 0.15) is 6.26 Å². The third kappa shape index (κ3) is 2.64. The lowest BCUT2D eigenvalue weighted by Crippen LogP contribution is -2.59. The molecule has 3 aliphatic carbocycles. The first-order valence-electron chi connectivity index (χ1n) is 8.89. The van der Waals surface area contributed by atoms with Gasteiger partial charge in [-0.05, 0) is 64.1 Å². The molecule has 1 heterocycles. The quantitative estimate of drug-likeness (QED) is 0.775. The van der Waals surface area contributed by atoms with Crippen LogP contribution in [0.1, 0.15) is 39.3 Å². The number of hydrogen-bond donors (Lipinski definition) is 1. The maximum atomic E-state index is 5.68. The first-order chi connectivity index (χ1) is 11.5. The van der Waals surface area contributed by atoms with Crippen LogP contribution in [0, 0.1) is 23.2 Å². The van der Waals surface area contributed by atoms with E-state index in [1.807, 2.05) is 24.3 Å². The largest absolute Gasteiger partial charge is 0.444 e. The van der Waals surface area contributed by atoms with Crippen LogP contribution in [-0.4, -0.2) is 11.0 Å². The molecule has 4 atom stereocenters. The Morgan fingerprint density at radius 3 is 2.79 bits per heavy atom. The van der Waals surface area contributed by atoms with Crippen molar-refractivity contribution in [3.05, 3.63) is 40.7 Å². The zero-order valence-electron chi connectivity index (χ0n) is 14.6. The molecule has 0 radical (unpaired) electrons. The van der Waals surface area contributed by atoms with E-state index in [0.29, 0.717) is 17.3 Å². The maximum Gasteiger partial charge on any atom is 0.227 e. The average molecular weight is 389 g/mol. The first-order valence-corrected chi connectivity index (χ1v) is 9.69. The Morgan fingerprint density at radius 1 is 1.29 bits per heavy atom. The Kier molecular flexibility index (Phi) is 4.08. The number of oxazole rings is 1. The molecule has 5 rings (SSSR count). The van der Waals surface area contributed by atoms with Crippen molar-refractivity contribution < 1.29 is 4.42 Å². The summed E-state index contributed by atoms with van der Waals surface area (Å²) >= 11 is 3.56. The van der Waals surface area contributed by atoms with Gasteiger partial charge in [0.05, 0.1) is 11.3 Å². The zero-order valence-corrected chi connectivity index (χ0v) is 16.1. The van der Waals surface area contributed by atoms with Crippen LogP contribution in [0.15, 0.2) is 39.4 Å². The van der Waals surface area contributed by atoms with E-state index in [9.17, 15) is 0 Å². The summed E-state index contributed by atoms with van der Waals surface area (Å²) in [6.07, 6.45) is 4.49. The van der Waals surface area contributed by atoms with Crippen molar-refractivity contribution in [1.29, 1.82) is 0 Å². The average Bonchev–Trinajstić information content (AvgIpc) is 3.02. The molecule has 3 fully saturated rings. The molecule has 2 aromatic rings. The van der Waals surface area contributed by atoms with E-state index in [1.165, 1.54) is 12.8 Å². The number of nitrogens with one attached hydrogen (secondary N) is 1. The maximum absolute atomic E-state index is 5.68. The summed E-state index contributed by atoms with van der Waals surface area (Å²) in [5.74, 6) is 3.16. The van der Waals surface area contributed by atoms with Gasteiger partial charge in [0.15, 0.2) is 0 Å². The molecular weight excluding hydrogens is 364 g/mol. The van der Waals surface area contributed by atoms with Crippen LogP contribution in [0.4, 0.5) is 0 Å². The number of nitrogens with zero attached hydrogens (tertiary/aromatic N) is 1. The normalized spacial score (nSPS) is 30.8. The number of rotatable bonds is 4. The third-order valence-electron chi connectivity index (χ3n) is 6.56. The molecule has 128 valence electrons. The summed E-state index contributed by atoms with van der Waals surface area (Å²) in [6, 6.07) is 8.63. The van der Waals surface area contributed by atoms with E-state index in [-0.39, 0.29) is 0 Å². The SMILES string of the molecule is C[C@@H]1C(NCc2coc(-c3ccccc3Br)n2)C[C@H]2C[C@@H]1C2(C)C. The van der Waals surface area contributed by atoms with E-state index < -0.39 is 0 Å². The number of fused-ring (bicyclic) bond motifs is 2. The van der Waals surface area contributed by atoms with Gasteiger partial charge < -0.3 is 9.73 Å². The third-order valence-corrected chi connectivity index (χ3v) is 7.25. The summed E-state index contributed by atoms with van der Waals surface area (Å²) in [6.45, 7) is 8.08. The minimum Gasteiger partial charge on any atom is -0.444 e. The van der Waals surface area contributed by atoms with Crippen molar-refractivity contribution in [2.75, 3.05) is 0 Å². The topological polar surface area (TPSA) is 38.1 Å². The van der Waals surface area contributed by atoms with E-state index in [2.05, 4.69) is 47.0 Å². The summed E-state index contributed by atoms with van der Waals surface area (Å²) in [5, 5.41) is 3.73. The molecular formula is C20H25BrN2O. The van der Waals surface area contributed by atoms with E-state index in [0.717, 1.165) is 40.0 Å². The van der Waals surface area contributed by atoms with Crippen LogP contribution in [0.2, 0.25) is 0 Å². The van der Waals surface area contributed by atoms with Crippen molar-refractivity contribution in [3.63, 3.8) is 0 Å². The molecule has 3 saturated carbocycles. The number of halogens is 1. The predicted molar refractivity (Wildman–Crippen MR) is 99.4 cm³/mol. The van der Waals surface area contributed by atoms with Gasteiger partial charge in [-0.15, -0.1) is 0 Å². The molecule has 3 nitrogen and oxygen atoms in total. The fourth-order valence-corrected chi connectivity index (χ4v) is 5.26. The Labute approximate surface area is 152 Å². The summed E-state index contributed by atoms with van der Waals surface area (Å²) in [4.78, 5) is 4.65. The van der Waals surface area contributed by atoms with Gasteiger partial charge in [-0.3, -0.25) is 0 Å². The monoisotopic (exact) mass is 388 g/mol. The molecule has 24 heavy (non-hydrogen) atoms. The molecule has 3 aliphatic rings. The lowest BCUT2D eigenvalue weighted by Gasteiger charge is -2.62. The standard InChI is InChI=1S/C20H25BrN2O/c1-12-16-8-13(20(16,2)3)9-18(12)22-10-14-11-24-19(23-14)15-6-4-5-7-17(15)21/h4-7,11-13,16,18,22H,8-10H2,1-3H3/t12-,13+,16-,18?/m0/s1. The van der Waals surface area contributed by atoms with Gasteiger partial charge in [0.25, 0.3) is 0 Å². The lowest BCUT2D eigenvalue weighted by molar-refractivity contribution is -0.115. The van der Waals surface area contributed by atoms with Crippen molar-refractivity contribution >= 4 is 15.9 Å². The Hall–Kier alpha value is -1.13. The second-order valence-corrected chi connectivity index (χ2v) is 8.92. The Balaban J connectivity index is 1.40. The van der Waals surface area contributed by atoms with Gasteiger partial charge in [-0.25, -0.2) is 4.98 Å². The van der Waals surface area contributed by atoms with Crippen LogP contribution in [0.3, 0.4) is 0 Å². The fourth-order valence-electron chi connectivity index (χ4n) is 4.80. The molecule has 0 amide bonds. The second-order valence-electron chi connectivity index (χ2n) is 8.07. The van der Waals surface area contributed by atoms with Gasteiger partial charge in [-0.2, -0.15) is 0 Å². The second kappa shape index (κ2) is 5.99. The van der Waals surface area contributed by atoms with Crippen LogP contribution in [-0.2, 0) is 6.54 Å². The Bertz CT molecular complexity index is 739. The highest BCUT2D eigenvalue weighted by molar-refractivity contribution is 9.10. The minimum atomic E-state index is 0.540. The van der Waals surface area contributed by atoms with Gasteiger partial charge >= 0.3 is 0 Å². The number of aromatic nitrogens is 1. The van der Waals surface area contributed by atoms with Crippen molar-refractivity contribution in [2.24, 2.45) is 23.2 Å². The Morgan fingerprint density at radius 2 is 2.08 bits per heavy atom. The lowest BCUT2D eigenvalue weighted by atomic mass is 9.45. The molecule has 0 saturated heterocycles. The molecule has 0 spiro atoms. The highest BCUT2D eigenvalue weighted by Crippen LogP contribution is 2.61. The van der Waals surface area contributed by atoms with E-state index in [1.54, 1.807) is 6.26 Å². The van der Waals surface area contributed by atoms with Crippen molar-refractivity contribution in [1.82, 2.24) is 10.3 Å². The smallest absolute Gasteiger partial charge is 0.227 e. The van der Waals surface area contributed by atoms with Crippen LogP contribution in [0.25, 0.3) is 11.5 Å². The van der Waals surface area contributed by atoms with E-state index in [4.69, 9.17) is 4.42 Å². The zero-order chi connectivity index (χ0) is 16.9. The molecule has 4 heteroatoms. The van der Waals surface area contributed by atoms with Crippen molar-refractivity contribution in [3.8, 4) is 11.5 Å². The molecule has 0 aliphatic heterocycles. The fraction of sp³-hybridized carbons (Fsp3) is 0.550. The minimum absolute atomic E-state index is 0.540. The summed E-state index contributed by atoms with van der Waals surface area (Å²) in [5.41, 5.74) is 2.52. The number of benzene rings is 1. The summed E-state index contributed by atoms with van der Waals surface area (Å²) < 4.78 is 6.69. The predicted octanol–water partition coefficient (Wildman–Crippen LogP) is 5.26. The van der Waals surface area contributed by atoms with Gasteiger partial charge in [0, 0.05) is 17.1 Å². The molecule has 1 unspecified atom stereocenters. The number of hydrogen-bond acceptors (Lipinski definition) is 3. The van der Waals surface area contributed by atoms with Gasteiger partial charge in [-0.1, -0.05) is 32.9 Å². The highest BCUT2D eigenvalue weighted by Gasteiger charge is 2.55. The van der Waals surface area contributed by atoms with Crippen LogP contribution in [0.5, 0.6) is 0 Å². The molecule has 1 aromatic heterocycles. The van der Waals surface area contributed by atoms with Gasteiger partial charge in [0.2, 0.25) is 5.89 Å². The first kappa shape index (κ1) is 16.3. The summed E-state index contributed by atoms with van der Waals surface area (Å²) in [7, 11) is 0.